The van der Waals surface area contributed by atoms with Gasteiger partial charge in [-0.2, -0.15) is 0 Å². The van der Waals surface area contributed by atoms with Crippen molar-refractivity contribution in [2.75, 3.05) is 20.3 Å². The van der Waals surface area contributed by atoms with Gasteiger partial charge >= 0.3 is 13.9 Å². The fourth-order valence-electron chi connectivity index (χ4n) is 1.15. The monoisotopic (exact) mass is 239 g/mol. The van der Waals surface area contributed by atoms with Gasteiger partial charge in [-0.3, -0.25) is 9.05 Å². The van der Waals surface area contributed by atoms with Crippen molar-refractivity contribution in [3.05, 3.63) is 0 Å². The second kappa shape index (κ2) is 5.46. The van der Waals surface area contributed by atoms with Crippen molar-refractivity contribution in [3.8, 4) is 0 Å². The van der Waals surface area contributed by atoms with E-state index in [1.54, 1.807) is 0 Å². The molecular weight excluding hydrogens is 225 g/mol. The van der Waals surface area contributed by atoms with E-state index in [0.29, 0.717) is 12.8 Å². The molecule has 1 fully saturated rings. The Hall–Kier alpha value is -0.620. The maximum absolute atomic E-state index is 11.1. The standard InChI is InChI=1S/C7H14NO6P/c1-12-7(9)8-6-3-2-4-13-15(10,11)14-5-6/h6H,2-5H2,1H3,(H,8,9)(H,10,11)/t6-/m0/s1. The number of hydrogen-bond donors (Lipinski definition) is 2. The first kappa shape index (κ1) is 12.4. The summed E-state index contributed by atoms with van der Waals surface area (Å²) in [5, 5.41) is 2.50. The Kier molecular flexibility index (Phi) is 4.53. The summed E-state index contributed by atoms with van der Waals surface area (Å²) < 4.78 is 24.7. The van der Waals surface area contributed by atoms with Crippen molar-refractivity contribution < 1.29 is 28.0 Å². The Bertz CT molecular complexity index is 270. The zero-order valence-electron chi connectivity index (χ0n) is 8.34. The molecule has 7 nitrogen and oxygen atoms in total. The zero-order chi connectivity index (χ0) is 11.3. The maximum atomic E-state index is 11.1. The minimum atomic E-state index is -3.94. The first-order valence-corrected chi connectivity index (χ1v) is 5.99. The van der Waals surface area contributed by atoms with Crippen molar-refractivity contribution in [2.45, 2.75) is 18.9 Å². The highest BCUT2D eigenvalue weighted by atomic mass is 31.2. The van der Waals surface area contributed by atoms with E-state index < -0.39 is 13.9 Å². The van der Waals surface area contributed by atoms with Gasteiger partial charge in [0.2, 0.25) is 0 Å². The van der Waals surface area contributed by atoms with Gasteiger partial charge in [-0.1, -0.05) is 0 Å². The SMILES string of the molecule is COC(=O)N[C@H]1CCCOP(=O)(O)OC1. The van der Waals surface area contributed by atoms with Crippen LogP contribution in [0.5, 0.6) is 0 Å². The van der Waals surface area contributed by atoms with Gasteiger partial charge < -0.3 is 14.9 Å². The summed E-state index contributed by atoms with van der Waals surface area (Å²) in [4.78, 5) is 19.9. The molecule has 0 aromatic rings. The molecule has 1 aliphatic heterocycles. The number of alkyl carbamates (subject to hydrolysis) is 1. The fraction of sp³-hybridized carbons (Fsp3) is 0.857. The number of methoxy groups -OCH3 is 1. The molecule has 0 spiro atoms. The summed E-state index contributed by atoms with van der Waals surface area (Å²) in [6.07, 6.45) is 0.593. The number of amides is 1. The summed E-state index contributed by atoms with van der Waals surface area (Å²) in [6.45, 7) is 0.0655. The largest absolute Gasteiger partial charge is 0.472 e. The van der Waals surface area contributed by atoms with Gasteiger partial charge in [0.1, 0.15) is 0 Å². The number of carbonyl (C=O) groups is 1. The van der Waals surface area contributed by atoms with Crippen molar-refractivity contribution in [1.29, 1.82) is 0 Å². The van der Waals surface area contributed by atoms with Crippen molar-refractivity contribution in [1.82, 2.24) is 5.32 Å². The molecule has 2 N–H and O–H groups in total. The number of phosphoric acid groups is 1. The van der Waals surface area contributed by atoms with E-state index in [1.807, 2.05) is 0 Å². The summed E-state index contributed by atoms with van der Waals surface area (Å²) >= 11 is 0. The zero-order valence-corrected chi connectivity index (χ0v) is 9.24. The molecule has 88 valence electrons. The number of hydrogen-bond acceptors (Lipinski definition) is 5. The van der Waals surface area contributed by atoms with Gasteiger partial charge in [-0.15, -0.1) is 0 Å². The summed E-state index contributed by atoms with van der Waals surface area (Å²) in [7, 11) is -2.69. The van der Waals surface area contributed by atoms with Crippen LogP contribution in [0.4, 0.5) is 4.79 Å². The molecule has 0 bridgehead atoms. The highest BCUT2D eigenvalue weighted by molar-refractivity contribution is 7.47. The molecule has 1 amide bonds. The Labute approximate surface area is 87.3 Å². The highest BCUT2D eigenvalue weighted by Crippen LogP contribution is 2.44. The minimum absolute atomic E-state index is 0.0666. The van der Waals surface area contributed by atoms with Crippen molar-refractivity contribution in [2.24, 2.45) is 0 Å². The van der Waals surface area contributed by atoms with E-state index >= 15 is 0 Å². The van der Waals surface area contributed by atoms with E-state index in [0.717, 1.165) is 0 Å². The van der Waals surface area contributed by atoms with Crippen LogP contribution in [0.15, 0.2) is 0 Å². The van der Waals surface area contributed by atoms with E-state index in [4.69, 9.17) is 4.89 Å². The van der Waals surface area contributed by atoms with Crippen LogP contribution in [0, 0.1) is 0 Å². The Balaban J connectivity index is 2.45. The summed E-state index contributed by atoms with van der Waals surface area (Å²) in [5.41, 5.74) is 0. The van der Waals surface area contributed by atoms with Crippen LogP contribution in [0.3, 0.4) is 0 Å². The molecule has 0 radical (unpaired) electrons. The third kappa shape index (κ3) is 4.61. The van der Waals surface area contributed by atoms with Crippen LogP contribution < -0.4 is 5.32 Å². The number of rotatable bonds is 1. The lowest BCUT2D eigenvalue weighted by molar-refractivity contribution is 0.109. The molecule has 1 unspecified atom stereocenters. The highest BCUT2D eigenvalue weighted by Gasteiger charge is 2.26. The molecule has 1 rings (SSSR count). The molecule has 0 aliphatic carbocycles. The lowest BCUT2D eigenvalue weighted by Gasteiger charge is -2.22. The van der Waals surface area contributed by atoms with Crippen molar-refractivity contribution >= 4 is 13.9 Å². The Morgan fingerprint density at radius 1 is 1.60 bits per heavy atom. The Morgan fingerprint density at radius 3 is 3.00 bits per heavy atom. The molecule has 1 aliphatic rings. The molecule has 15 heavy (non-hydrogen) atoms. The van der Waals surface area contributed by atoms with E-state index in [-0.39, 0.29) is 19.3 Å². The molecule has 0 aromatic carbocycles. The smallest absolute Gasteiger partial charge is 0.453 e. The lowest BCUT2D eigenvalue weighted by atomic mass is 10.2. The van der Waals surface area contributed by atoms with Gasteiger partial charge in [-0.05, 0) is 12.8 Å². The first-order chi connectivity index (χ1) is 7.03. The summed E-state index contributed by atoms with van der Waals surface area (Å²) in [5.74, 6) is 0. The molecule has 2 atom stereocenters. The molecule has 1 heterocycles. The van der Waals surface area contributed by atoms with E-state index in [1.165, 1.54) is 7.11 Å². The van der Waals surface area contributed by atoms with Gasteiger partial charge in [0, 0.05) is 0 Å². The third-order valence-corrected chi connectivity index (χ3v) is 2.88. The quantitative estimate of drug-likeness (QED) is 0.652. The van der Waals surface area contributed by atoms with Crippen LogP contribution >= 0.6 is 7.82 Å². The first-order valence-electron chi connectivity index (χ1n) is 4.50. The predicted molar refractivity (Wildman–Crippen MR) is 50.3 cm³/mol. The fourth-order valence-corrected chi connectivity index (χ4v) is 1.96. The third-order valence-electron chi connectivity index (χ3n) is 1.90. The van der Waals surface area contributed by atoms with Crippen LogP contribution in [-0.2, 0) is 18.3 Å². The van der Waals surface area contributed by atoms with Crippen LogP contribution in [0.2, 0.25) is 0 Å². The minimum Gasteiger partial charge on any atom is -0.453 e. The number of phosphoric ester groups is 1. The van der Waals surface area contributed by atoms with Crippen LogP contribution in [0.25, 0.3) is 0 Å². The van der Waals surface area contributed by atoms with Crippen LogP contribution in [0.1, 0.15) is 12.8 Å². The van der Waals surface area contributed by atoms with Crippen LogP contribution in [-0.4, -0.2) is 37.4 Å². The van der Waals surface area contributed by atoms with Gasteiger partial charge in [-0.25, -0.2) is 9.36 Å². The molecule has 0 saturated carbocycles. The molecular formula is C7H14NO6P. The van der Waals surface area contributed by atoms with Gasteiger partial charge in [0.15, 0.2) is 0 Å². The van der Waals surface area contributed by atoms with Crippen molar-refractivity contribution in [3.63, 3.8) is 0 Å². The number of carbonyl (C=O) groups excluding carboxylic acids is 1. The number of ether oxygens (including phenoxy) is 1. The van der Waals surface area contributed by atoms with E-state index in [2.05, 4.69) is 19.1 Å². The predicted octanol–water partition coefficient (Wildman–Crippen LogP) is 0.638. The average Bonchev–Trinajstić information content (AvgIpc) is 2.18. The van der Waals surface area contributed by atoms with E-state index in [9.17, 15) is 9.36 Å². The number of nitrogens with one attached hydrogen (secondary N) is 1. The second-order valence-electron chi connectivity index (χ2n) is 3.07. The average molecular weight is 239 g/mol. The normalized spacial score (nSPS) is 32.5. The lowest BCUT2D eigenvalue weighted by Crippen LogP contribution is -2.38. The van der Waals surface area contributed by atoms with Gasteiger partial charge in [0.05, 0.1) is 26.4 Å². The van der Waals surface area contributed by atoms with Gasteiger partial charge in [0.25, 0.3) is 0 Å². The molecule has 8 heteroatoms. The second-order valence-corrected chi connectivity index (χ2v) is 4.53. The maximum Gasteiger partial charge on any atom is 0.472 e. The molecule has 0 aromatic heterocycles. The summed E-state index contributed by atoms with van der Waals surface area (Å²) in [6, 6.07) is -0.332. The molecule has 1 saturated heterocycles. The Morgan fingerprint density at radius 2 is 2.33 bits per heavy atom. The topological polar surface area (TPSA) is 94.1 Å².